The SMILES string of the molecule is COc1cccc(Oc2nnc(Cl)cc2C2=N[C@H](Cc3ccc(C)cc3C)CON2)c1F. The van der Waals surface area contributed by atoms with E-state index in [1.165, 1.54) is 42.0 Å². The number of rotatable bonds is 6. The van der Waals surface area contributed by atoms with Crippen molar-refractivity contribution in [3.05, 3.63) is 75.7 Å². The lowest BCUT2D eigenvalue weighted by Gasteiger charge is -2.23. The first kappa shape index (κ1) is 22.0. The Kier molecular flexibility index (Phi) is 6.53. The standard InChI is InChI=1S/C23H22ClFN4O3/c1-13-7-8-15(14(2)9-13)10-16-12-31-29-22(26-16)17-11-20(24)27-28-23(17)32-19-6-4-5-18(30-3)21(19)25/h4-9,11,16H,10,12H2,1-3H3,(H,26,29)/t16-/m1/s1. The van der Waals surface area contributed by atoms with E-state index in [9.17, 15) is 4.39 Å². The average molecular weight is 457 g/mol. The number of ether oxygens (including phenoxy) is 2. The van der Waals surface area contributed by atoms with Crippen molar-refractivity contribution in [1.29, 1.82) is 0 Å². The largest absolute Gasteiger partial charge is 0.494 e. The Hall–Kier alpha value is -3.23. The predicted molar refractivity (Wildman–Crippen MR) is 119 cm³/mol. The maximum absolute atomic E-state index is 14.6. The highest BCUT2D eigenvalue weighted by atomic mass is 35.5. The second-order valence-electron chi connectivity index (χ2n) is 7.44. The van der Waals surface area contributed by atoms with Crippen LogP contribution in [0.1, 0.15) is 22.3 Å². The fourth-order valence-electron chi connectivity index (χ4n) is 3.44. The third-order valence-corrected chi connectivity index (χ3v) is 5.23. The second kappa shape index (κ2) is 9.50. The van der Waals surface area contributed by atoms with Crippen LogP contribution in [0.2, 0.25) is 5.15 Å². The summed E-state index contributed by atoms with van der Waals surface area (Å²) in [6, 6.07) is 12.3. The van der Waals surface area contributed by atoms with Crippen LogP contribution >= 0.6 is 11.6 Å². The van der Waals surface area contributed by atoms with E-state index in [-0.39, 0.29) is 28.6 Å². The molecule has 2 aromatic carbocycles. The van der Waals surface area contributed by atoms with Crippen LogP contribution in [0.15, 0.2) is 47.5 Å². The smallest absolute Gasteiger partial charge is 0.250 e. The topological polar surface area (TPSA) is 77.9 Å². The van der Waals surface area contributed by atoms with Gasteiger partial charge in [-0.25, -0.2) is 5.48 Å². The lowest BCUT2D eigenvalue weighted by Crippen LogP contribution is -2.37. The molecule has 0 aliphatic carbocycles. The number of methoxy groups -OCH3 is 1. The molecule has 3 aromatic rings. The third kappa shape index (κ3) is 4.81. The van der Waals surface area contributed by atoms with Gasteiger partial charge in [-0.15, -0.1) is 10.2 Å². The summed E-state index contributed by atoms with van der Waals surface area (Å²) >= 11 is 6.07. The molecule has 0 amide bonds. The minimum absolute atomic E-state index is 0.0311. The van der Waals surface area contributed by atoms with E-state index in [1.807, 2.05) is 0 Å². The number of nitrogens with zero attached hydrogens (tertiary/aromatic N) is 3. The van der Waals surface area contributed by atoms with Gasteiger partial charge in [0.1, 0.15) is 0 Å². The van der Waals surface area contributed by atoms with Crippen LogP contribution in [0.5, 0.6) is 17.4 Å². The Labute approximate surface area is 190 Å². The van der Waals surface area contributed by atoms with Crippen LogP contribution in [0.4, 0.5) is 4.39 Å². The number of halogens is 2. The molecular formula is C23H22ClFN4O3. The normalized spacial score (nSPS) is 15.7. The first-order valence-electron chi connectivity index (χ1n) is 10.00. The zero-order valence-corrected chi connectivity index (χ0v) is 18.6. The van der Waals surface area contributed by atoms with Crippen molar-refractivity contribution >= 4 is 17.4 Å². The minimum Gasteiger partial charge on any atom is -0.494 e. The van der Waals surface area contributed by atoms with E-state index >= 15 is 0 Å². The van der Waals surface area contributed by atoms with E-state index in [2.05, 4.69) is 47.7 Å². The predicted octanol–water partition coefficient (Wildman–Crippen LogP) is 4.58. The number of hydrogen-bond donors (Lipinski definition) is 1. The molecule has 1 aromatic heterocycles. The maximum atomic E-state index is 14.6. The molecule has 0 saturated carbocycles. The summed E-state index contributed by atoms with van der Waals surface area (Å²) in [5.41, 5.74) is 6.79. The second-order valence-corrected chi connectivity index (χ2v) is 7.83. The third-order valence-electron chi connectivity index (χ3n) is 5.05. The molecule has 0 fully saturated rings. The van der Waals surface area contributed by atoms with Crippen LogP contribution in [0.3, 0.4) is 0 Å². The summed E-state index contributed by atoms with van der Waals surface area (Å²) in [5.74, 6) is -0.257. The van der Waals surface area contributed by atoms with E-state index in [0.717, 1.165) is 0 Å². The van der Waals surface area contributed by atoms with Crippen molar-refractivity contribution in [1.82, 2.24) is 15.7 Å². The molecular weight excluding hydrogens is 435 g/mol. The van der Waals surface area contributed by atoms with Crippen LogP contribution in [0, 0.1) is 19.7 Å². The van der Waals surface area contributed by atoms with Crippen LogP contribution < -0.4 is 15.0 Å². The summed E-state index contributed by atoms with van der Waals surface area (Å²) in [6.45, 7) is 4.54. The van der Waals surface area contributed by atoms with Crippen molar-refractivity contribution in [2.24, 2.45) is 4.99 Å². The molecule has 1 N–H and O–H groups in total. The van der Waals surface area contributed by atoms with Crippen LogP contribution in [0.25, 0.3) is 0 Å². The molecule has 166 valence electrons. The number of hydroxylamine groups is 1. The molecule has 2 heterocycles. The van der Waals surface area contributed by atoms with Gasteiger partial charge in [-0.05, 0) is 49.6 Å². The Morgan fingerprint density at radius 1 is 1.16 bits per heavy atom. The molecule has 0 spiro atoms. The summed E-state index contributed by atoms with van der Waals surface area (Å²) in [7, 11) is 1.38. The van der Waals surface area contributed by atoms with E-state index < -0.39 is 5.82 Å². The van der Waals surface area contributed by atoms with E-state index in [0.29, 0.717) is 24.4 Å². The molecule has 1 aliphatic rings. The lowest BCUT2D eigenvalue weighted by atomic mass is 9.99. The molecule has 4 rings (SSSR count). The Morgan fingerprint density at radius 2 is 1.97 bits per heavy atom. The summed E-state index contributed by atoms with van der Waals surface area (Å²) in [4.78, 5) is 10.3. The average Bonchev–Trinajstić information content (AvgIpc) is 2.78. The highest BCUT2D eigenvalue weighted by Gasteiger charge is 2.23. The van der Waals surface area contributed by atoms with E-state index in [1.54, 1.807) is 6.07 Å². The first-order valence-corrected chi connectivity index (χ1v) is 10.4. The first-order chi connectivity index (χ1) is 15.4. The lowest BCUT2D eigenvalue weighted by molar-refractivity contribution is 0.0623. The number of amidine groups is 1. The molecule has 0 radical (unpaired) electrons. The van der Waals surface area contributed by atoms with Gasteiger partial charge >= 0.3 is 0 Å². The number of benzene rings is 2. The fourth-order valence-corrected chi connectivity index (χ4v) is 3.59. The van der Waals surface area contributed by atoms with Crippen molar-refractivity contribution in [3.8, 4) is 17.4 Å². The summed E-state index contributed by atoms with van der Waals surface area (Å²) in [6.07, 6.45) is 0.699. The molecule has 1 aliphatic heterocycles. The van der Waals surface area contributed by atoms with Gasteiger partial charge in [0, 0.05) is 0 Å². The number of hydrogen-bond acceptors (Lipinski definition) is 7. The maximum Gasteiger partial charge on any atom is 0.250 e. The van der Waals surface area contributed by atoms with Gasteiger partial charge in [-0.3, -0.25) is 9.83 Å². The molecule has 32 heavy (non-hydrogen) atoms. The number of nitrogens with one attached hydrogen (secondary N) is 1. The Morgan fingerprint density at radius 3 is 2.75 bits per heavy atom. The minimum atomic E-state index is -0.653. The van der Waals surface area contributed by atoms with Crippen molar-refractivity contribution in [2.45, 2.75) is 26.3 Å². The van der Waals surface area contributed by atoms with Gasteiger partial charge in [0.05, 0.1) is 25.3 Å². The number of aliphatic imine (C=N–C) groups is 1. The van der Waals surface area contributed by atoms with Crippen molar-refractivity contribution < 1.29 is 18.7 Å². The highest BCUT2D eigenvalue weighted by molar-refractivity contribution is 6.29. The van der Waals surface area contributed by atoms with Gasteiger partial charge in [0.15, 0.2) is 22.5 Å². The zero-order chi connectivity index (χ0) is 22.7. The van der Waals surface area contributed by atoms with Crippen molar-refractivity contribution in [2.75, 3.05) is 13.7 Å². The molecule has 0 bridgehead atoms. The van der Waals surface area contributed by atoms with Gasteiger partial charge in [0.2, 0.25) is 11.7 Å². The molecule has 1 atom stereocenters. The van der Waals surface area contributed by atoms with Crippen LogP contribution in [-0.4, -0.2) is 35.8 Å². The Bertz CT molecular complexity index is 1170. The summed E-state index contributed by atoms with van der Waals surface area (Å²) in [5, 5.41) is 7.95. The summed E-state index contributed by atoms with van der Waals surface area (Å²) < 4.78 is 25.3. The van der Waals surface area contributed by atoms with Gasteiger partial charge in [-0.2, -0.15) is 4.39 Å². The molecule has 7 nitrogen and oxygen atoms in total. The monoisotopic (exact) mass is 456 g/mol. The zero-order valence-electron chi connectivity index (χ0n) is 17.9. The fraction of sp³-hybridized carbons (Fsp3) is 0.261. The quantitative estimate of drug-likeness (QED) is 0.585. The Balaban J connectivity index is 1.64. The highest BCUT2D eigenvalue weighted by Crippen LogP contribution is 2.31. The molecule has 0 saturated heterocycles. The van der Waals surface area contributed by atoms with E-state index in [4.69, 9.17) is 30.9 Å². The van der Waals surface area contributed by atoms with Gasteiger partial charge in [-0.1, -0.05) is 41.4 Å². The van der Waals surface area contributed by atoms with Gasteiger partial charge < -0.3 is 9.47 Å². The number of aromatic nitrogens is 2. The number of aryl methyl sites for hydroxylation is 2. The molecule has 9 heteroatoms. The van der Waals surface area contributed by atoms with Crippen LogP contribution in [-0.2, 0) is 11.3 Å². The van der Waals surface area contributed by atoms with Crippen molar-refractivity contribution in [3.63, 3.8) is 0 Å². The molecule has 0 unspecified atom stereocenters. The van der Waals surface area contributed by atoms with Gasteiger partial charge in [0.25, 0.3) is 0 Å².